The van der Waals surface area contributed by atoms with Crippen molar-refractivity contribution in [1.29, 1.82) is 5.26 Å². The van der Waals surface area contributed by atoms with Gasteiger partial charge in [-0.05, 0) is 37.9 Å². The highest BCUT2D eigenvalue weighted by atomic mass is 19.1. The van der Waals surface area contributed by atoms with Gasteiger partial charge in [-0.3, -0.25) is 0 Å². The molecule has 1 fully saturated rings. The Morgan fingerprint density at radius 2 is 2.37 bits per heavy atom. The van der Waals surface area contributed by atoms with Gasteiger partial charge in [-0.1, -0.05) is 6.07 Å². The Balaban J connectivity index is 1.91. The third-order valence-corrected chi connectivity index (χ3v) is 3.45. The molecule has 2 rings (SSSR count). The molecule has 1 aromatic carbocycles. The molecule has 0 bridgehead atoms. The number of rotatable bonds is 4. The van der Waals surface area contributed by atoms with Crippen molar-refractivity contribution in [3.63, 3.8) is 0 Å². The van der Waals surface area contributed by atoms with Crippen LogP contribution >= 0.6 is 0 Å². The maximum atomic E-state index is 13.8. The molecule has 1 saturated heterocycles. The molecule has 0 saturated carbocycles. The van der Waals surface area contributed by atoms with Gasteiger partial charge in [0.1, 0.15) is 5.82 Å². The molecule has 0 spiro atoms. The molecule has 0 aliphatic carbocycles. The van der Waals surface area contributed by atoms with E-state index in [-0.39, 0.29) is 5.82 Å². The summed E-state index contributed by atoms with van der Waals surface area (Å²) in [5.41, 5.74) is 1.00. The van der Waals surface area contributed by atoms with E-state index in [4.69, 9.17) is 10.00 Å². The molecule has 0 radical (unpaired) electrons. The third-order valence-electron chi connectivity index (χ3n) is 3.45. The first-order chi connectivity index (χ1) is 9.19. The monoisotopic (exact) mass is 262 g/mol. The lowest BCUT2D eigenvalue weighted by molar-refractivity contribution is 0.0410. The van der Waals surface area contributed by atoms with Gasteiger partial charge in [0, 0.05) is 25.3 Å². The highest BCUT2D eigenvalue weighted by Crippen LogP contribution is 2.17. The van der Waals surface area contributed by atoms with Crippen molar-refractivity contribution in [2.75, 3.05) is 26.8 Å². The van der Waals surface area contributed by atoms with Gasteiger partial charge in [-0.25, -0.2) is 4.39 Å². The van der Waals surface area contributed by atoms with Crippen LogP contribution in [0.4, 0.5) is 4.39 Å². The van der Waals surface area contributed by atoms with Crippen LogP contribution in [0.25, 0.3) is 0 Å². The summed E-state index contributed by atoms with van der Waals surface area (Å²) >= 11 is 0. The normalized spacial score (nSPS) is 19.4. The zero-order valence-corrected chi connectivity index (χ0v) is 11.2. The standard InChI is InChI=1S/C15H19FN2O/c1-18(9-13-3-2-6-19-11-13)10-14-5-4-12(8-17)7-15(14)16/h4-5,7,13H,2-3,6,9-11H2,1H3/t13-/m1/s1. The first kappa shape index (κ1) is 14.0. The van der Waals surface area contributed by atoms with E-state index in [9.17, 15) is 4.39 Å². The Hall–Kier alpha value is -1.44. The molecule has 0 amide bonds. The van der Waals surface area contributed by atoms with Gasteiger partial charge in [0.05, 0.1) is 18.2 Å². The highest BCUT2D eigenvalue weighted by molar-refractivity contribution is 5.32. The second kappa shape index (κ2) is 6.65. The van der Waals surface area contributed by atoms with Gasteiger partial charge in [-0.2, -0.15) is 5.26 Å². The number of hydrogen-bond acceptors (Lipinski definition) is 3. The fraction of sp³-hybridized carbons (Fsp3) is 0.533. The van der Waals surface area contributed by atoms with Gasteiger partial charge in [-0.15, -0.1) is 0 Å². The van der Waals surface area contributed by atoms with Crippen molar-refractivity contribution in [1.82, 2.24) is 4.90 Å². The summed E-state index contributed by atoms with van der Waals surface area (Å²) in [5, 5.41) is 8.71. The zero-order chi connectivity index (χ0) is 13.7. The predicted octanol–water partition coefficient (Wildman–Crippen LogP) is 2.56. The summed E-state index contributed by atoms with van der Waals surface area (Å²) in [6.07, 6.45) is 2.30. The van der Waals surface area contributed by atoms with Crippen LogP contribution in [0.1, 0.15) is 24.0 Å². The fourth-order valence-corrected chi connectivity index (χ4v) is 2.49. The maximum Gasteiger partial charge on any atom is 0.129 e. The molecule has 0 aromatic heterocycles. The SMILES string of the molecule is CN(Cc1ccc(C#N)cc1F)C[C@H]1CCCOC1. The van der Waals surface area contributed by atoms with Gasteiger partial charge in [0.25, 0.3) is 0 Å². The highest BCUT2D eigenvalue weighted by Gasteiger charge is 2.16. The number of hydrogen-bond donors (Lipinski definition) is 0. The van der Waals surface area contributed by atoms with Crippen LogP contribution in [0.15, 0.2) is 18.2 Å². The van der Waals surface area contributed by atoms with Gasteiger partial charge >= 0.3 is 0 Å². The summed E-state index contributed by atoms with van der Waals surface area (Å²) in [4.78, 5) is 2.11. The molecule has 4 heteroatoms. The molecule has 1 heterocycles. The predicted molar refractivity (Wildman–Crippen MR) is 71.0 cm³/mol. The number of nitrogens with zero attached hydrogens (tertiary/aromatic N) is 2. The van der Waals surface area contributed by atoms with Crippen LogP contribution < -0.4 is 0 Å². The maximum absolute atomic E-state index is 13.8. The van der Waals surface area contributed by atoms with E-state index in [2.05, 4.69) is 4.90 Å². The molecule has 19 heavy (non-hydrogen) atoms. The summed E-state index contributed by atoms with van der Waals surface area (Å²) < 4.78 is 19.2. The Kier molecular flexibility index (Phi) is 4.89. The molecule has 1 atom stereocenters. The Labute approximate surface area is 113 Å². The summed E-state index contributed by atoms with van der Waals surface area (Å²) in [7, 11) is 1.99. The second-order valence-electron chi connectivity index (χ2n) is 5.20. The molecule has 102 valence electrons. The number of ether oxygens (including phenoxy) is 1. The molecule has 1 aromatic rings. The van der Waals surface area contributed by atoms with E-state index in [0.29, 0.717) is 23.6 Å². The average Bonchev–Trinajstić information content (AvgIpc) is 2.42. The number of benzene rings is 1. The van der Waals surface area contributed by atoms with E-state index < -0.39 is 0 Å². The zero-order valence-electron chi connectivity index (χ0n) is 11.2. The van der Waals surface area contributed by atoms with Gasteiger partial charge < -0.3 is 9.64 Å². The summed E-state index contributed by atoms with van der Waals surface area (Å²) in [6.45, 7) is 3.15. The first-order valence-electron chi connectivity index (χ1n) is 6.64. The first-order valence-corrected chi connectivity index (χ1v) is 6.64. The lowest BCUT2D eigenvalue weighted by Crippen LogP contribution is -2.30. The van der Waals surface area contributed by atoms with Crippen molar-refractivity contribution in [3.05, 3.63) is 35.1 Å². The minimum atomic E-state index is -0.300. The minimum absolute atomic E-state index is 0.300. The topological polar surface area (TPSA) is 36.3 Å². The minimum Gasteiger partial charge on any atom is -0.381 e. The quantitative estimate of drug-likeness (QED) is 0.836. The largest absolute Gasteiger partial charge is 0.381 e. The Morgan fingerprint density at radius 1 is 1.53 bits per heavy atom. The van der Waals surface area contributed by atoms with E-state index in [0.717, 1.165) is 26.2 Å². The molecule has 1 aliphatic heterocycles. The average molecular weight is 262 g/mol. The molecule has 3 nitrogen and oxygen atoms in total. The van der Waals surface area contributed by atoms with E-state index in [1.165, 1.54) is 12.5 Å². The summed E-state index contributed by atoms with van der Waals surface area (Å²) in [6, 6.07) is 6.60. The molecular formula is C15H19FN2O. The molecule has 0 N–H and O–H groups in total. The lowest BCUT2D eigenvalue weighted by Gasteiger charge is -2.27. The molecule has 0 unspecified atom stereocenters. The van der Waals surface area contributed by atoms with Gasteiger partial charge in [0.2, 0.25) is 0 Å². The van der Waals surface area contributed by atoms with Crippen LogP contribution in [-0.2, 0) is 11.3 Å². The van der Waals surface area contributed by atoms with E-state index in [1.54, 1.807) is 12.1 Å². The van der Waals surface area contributed by atoms with E-state index in [1.807, 2.05) is 13.1 Å². The van der Waals surface area contributed by atoms with Crippen molar-refractivity contribution in [2.24, 2.45) is 5.92 Å². The van der Waals surface area contributed by atoms with Crippen molar-refractivity contribution >= 4 is 0 Å². The molecule has 1 aliphatic rings. The van der Waals surface area contributed by atoms with Crippen molar-refractivity contribution < 1.29 is 9.13 Å². The van der Waals surface area contributed by atoms with Crippen LogP contribution in [0.3, 0.4) is 0 Å². The third kappa shape index (κ3) is 4.02. The van der Waals surface area contributed by atoms with Crippen molar-refractivity contribution in [3.8, 4) is 6.07 Å². The smallest absolute Gasteiger partial charge is 0.129 e. The van der Waals surface area contributed by atoms with Crippen LogP contribution in [0.5, 0.6) is 0 Å². The molecular weight excluding hydrogens is 243 g/mol. The summed E-state index contributed by atoms with van der Waals surface area (Å²) in [5.74, 6) is 0.242. The van der Waals surface area contributed by atoms with Gasteiger partial charge in [0.15, 0.2) is 0 Å². The number of nitriles is 1. The van der Waals surface area contributed by atoms with Crippen molar-refractivity contribution in [2.45, 2.75) is 19.4 Å². The van der Waals surface area contributed by atoms with Crippen LogP contribution in [0.2, 0.25) is 0 Å². The number of halogens is 1. The fourth-order valence-electron chi connectivity index (χ4n) is 2.49. The second-order valence-corrected chi connectivity index (χ2v) is 5.20. The van der Waals surface area contributed by atoms with Crippen LogP contribution in [0, 0.1) is 23.1 Å². The van der Waals surface area contributed by atoms with E-state index >= 15 is 0 Å². The lowest BCUT2D eigenvalue weighted by atomic mass is 10.0. The van der Waals surface area contributed by atoms with Crippen LogP contribution in [-0.4, -0.2) is 31.7 Å². The Bertz CT molecular complexity index is 464. The Morgan fingerprint density at radius 3 is 3.00 bits per heavy atom.